The van der Waals surface area contributed by atoms with Crippen molar-refractivity contribution < 1.29 is 4.79 Å². The number of H-pyrrole nitrogens is 1. The number of amides is 1. The molecule has 0 bridgehead atoms. The van der Waals surface area contributed by atoms with Gasteiger partial charge in [-0.2, -0.15) is 0 Å². The molecule has 4 aromatic rings. The van der Waals surface area contributed by atoms with E-state index in [0.29, 0.717) is 41.4 Å². The molecule has 0 saturated heterocycles. The number of carbonyl (C=O) groups is 1. The van der Waals surface area contributed by atoms with Crippen molar-refractivity contribution in [1.82, 2.24) is 19.3 Å². The van der Waals surface area contributed by atoms with Crippen LogP contribution >= 0.6 is 11.6 Å². The van der Waals surface area contributed by atoms with E-state index >= 15 is 0 Å². The maximum Gasteiger partial charge on any atom is 0.331 e. The van der Waals surface area contributed by atoms with E-state index in [-0.39, 0.29) is 11.6 Å². The van der Waals surface area contributed by atoms with E-state index in [1.807, 2.05) is 48.5 Å². The van der Waals surface area contributed by atoms with Gasteiger partial charge in [0.25, 0.3) is 5.91 Å². The molecule has 0 radical (unpaired) electrons. The van der Waals surface area contributed by atoms with Crippen LogP contribution in [0.1, 0.15) is 21.6 Å². The number of rotatable bonds is 2. The molecule has 0 unspecified atom stereocenters. The van der Waals surface area contributed by atoms with E-state index < -0.39 is 0 Å². The minimum Gasteiger partial charge on any atom is -0.334 e. The molecule has 1 N–H and O–H groups in total. The van der Waals surface area contributed by atoms with Gasteiger partial charge in [0.15, 0.2) is 0 Å². The molecule has 2 aromatic carbocycles. The highest BCUT2D eigenvalue weighted by molar-refractivity contribution is 6.30. The molecule has 1 aliphatic rings. The highest BCUT2D eigenvalue weighted by Gasteiger charge is 2.26. The van der Waals surface area contributed by atoms with E-state index in [1.165, 1.54) is 4.40 Å². The molecule has 1 aliphatic heterocycles. The summed E-state index contributed by atoms with van der Waals surface area (Å²) in [6, 6.07) is 16.6. The number of imidazole rings is 1. The van der Waals surface area contributed by atoms with Gasteiger partial charge in [0.2, 0.25) is 0 Å². The maximum atomic E-state index is 12.9. The Morgan fingerprint density at radius 3 is 2.72 bits per heavy atom. The van der Waals surface area contributed by atoms with Crippen LogP contribution in [0.25, 0.3) is 16.9 Å². The third-order valence-corrected chi connectivity index (χ3v) is 5.46. The van der Waals surface area contributed by atoms with Crippen molar-refractivity contribution in [3.05, 3.63) is 93.1 Å². The number of hydrogen-bond donors (Lipinski definition) is 1. The van der Waals surface area contributed by atoms with Gasteiger partial charge in [0.1, 0.15) is 5.65 Å². The first-order valence-corrected chi connectivity index (χ1v) is 9.71. The van der Waals surface area contributed by atoms with Gasteiger partial charge in [-0.15, -0.1) is 0 Å². The molecule has 0 atom stereocenters. The quantitative estimate of drug-likeness (QED) is 0.555. The molecule has 0 saturated carbocycles. The standard InChI is InChI=1S/C22H17ClN4O2/c23-16-8-4-7-15(11-16)19-13-27-20(24-19)17-12-26(10-9-18(17)25-22(27)29)21(28)14-5-2-1-3-6-14/h1-8,11,13H,9-10,12H2,(H,25,29). The first-order valence-electron chi connectivity index (χ1n) is 9.33. The zero-order valence-electron chi connectivity index (χ0n) is 15.4. The van der Waals surface area contributed by atoms with Gasteiger partial charge < -0.3 is 9.88 Å². The monoisotopic (exact) mass is 404 g/mol. The molecule has 0 aliphatic carbocycles. The normalized spacial score (nSPS) is 13.5. The Kier molecular flexibility index (Phi) is 4.21. The number of fused-ring (bicyclic) bond motifs is 3. The Morgan fingerprint density at radius 1 is 1.10 bits per heavy atom. The van der Waals surface area contributed by atoms with Crippen molar-refractivity contribution in [2.75, 3.05) is 6.54 Å². The van der Waals surface area contributed by atoms with Crippen LogP contribution in [0, 0.1) is 0 Å². The minimum absolute atomic E-state index is 0.0257. The second-order valence-electron chi connectivity index (χ2n) is 7.06. The van der Waals surface area contributed by atoms with Crippen molar-refractivity contribution in [3.8, 4) is 11.3 Å². The molecule has 0 spiro atoms. The van der Waals surface area contributed by atoms with Crippen LogP contribution < -0.4 is 5.69 Å². The molecule has 6 nitrogen and oxygen atoms in total. The molecule has 0 fully saturated rings. The van der Waals surface area contributed by atoms with Crippen molar-refractivity contribution in [2.45, 2.75) is 13.0 Å². The van der Waals surface area contributed by atoms with Crippen LogP contribution in [-0.2, 0) is 13.0 Å². The summed E-state index contributed by atoms with van der Waals surface area (Å²) in [5.74, 6) is -0.0257. The van der Waals surface area contributed by atoms with Crippen LogP contribution in [0.15, 0.2) is 65.6 Å². The number of hydrogen-bond acceptors (Lipinski definition) is 3. The van der Waals surface area contributed by atoms with E-state index in [0.717, 1.165) is 16.8 Å². The van der Waals surface area contributed by atoms with Crippen molar-refractivity contribution in [1.29, 1.82) is 0 Å². The Balaban J connectivity index is 1.58. The molecule has 7 heteroatoms. The van der Waals surface area contributed by atoms with E-state index in [1.54, 1.807) is 17.2 Å². The number of nitrogens with one attached hydrogen (secondary N) is 1. The lowest BCUT2D eigenvalue weighted by Gasteiger charge is -2.28. The third-order valence-electron chi connectivity index (χ3n) is 5.23. The van der Waals surface area contributed by atoms with E-state index in [4.69, 9.17) is 16.6 Å². The van der Waals surface area contributed by atoms with Gasteiger partial charge in [0.05, 0.1) is 12.2 Å². The third kappa shape index (κ3) is 3.11. The Morgan fingerprint density at radius 2 is 1.93 bits per heavy atom. The van der Waals surface area contributed by atoms with Crippen LogP contribution in [-0.4, -0.2) is 31.7 Å². The van der Waals surface area contributed by atoms with Gasteiger partial charge in [-0.05, 0) is 24.3 Å². The molecule has 2 aromatic heterocycles. The van der Waals surface area contributed by atoms with E-state index in [9.17, 15) is 9.59 Å². The van der Waals surface area contributed by atoms with Crippen molar-refractivity contribution in [2.24, 2.45) is 0 Å². The van der Waals surface area contributed by atoms with E-state index in [2.05, 4.69) is 4.98 Å². The predicted octanol–water partition coefficient (Wildman–Crippen LogP) is 3.54. The Hall–Kier alpha value is -3.38. The minimum atomic E-state index is -0.234. The Labute approximate surface area is 171 Å². The average Bonchev–Trinajstić information content (AvgIpc) is 3.20. The highest BCUT2D eigenvalue weighted by atomic mass is 35.5. The fourth-order valence-corrected chi connectivity index (χ4v) is 3.96. The number of nitrogens with zero attached hydrogens (tertiary/aromatic N) is 3. The van der Waals surface area contributed by atoms with Gasteiger partial charge in [-0.25, -0.2) is 9.78 Å². The van der Waals surface area contributed by atoms with Crippen molar-refractivity contribution >= 4 is 23.2 Å². The fourth-order valence-electron chi connectivity index (χ4n) is 3.77. The summed E-state index contributed by atoms with van der Waals surface area (Å²) in [5, 5.41) is 0.607. The van der Waals surface area contributed by atoms with Gasteiger partial charge in [-0.1, -0.05) is 41.9 Å². The lowest BCUT2D eigenvalue weighted by Crippen LogP contribution is -2.38. The highest BCUT2D eigenvalue weighted by Crippen LogP contribution is 2.26. The molecular formula is C22H17ClN4O2. The summed E-state index contributed by atoms with van der Waals surface area (Å²) >= 11 is 6.11. The summed E-state index contributed by atoms with van der Waals surface area (Å²) in [6.07, 6.45) is 2.29. The SMILES string of the molecule is O=C(c1ccccc1)N1CCc2[nH]c(=O)n3cc(-c4cccc(Cl)c4)nc3c2C1. The summed E-state index contributed by atoms with van der Waals surface area (Å²) in [6.45, 7) is 0.948. The number of aromatic amines is 1. The topological polar surface area (TPSA) is 70.5 Å². The second-order valence-corrected chi connectivity index (χ2v) is 7.50. The van der Waals surface area contributed by atoms with Gasteiger partial charge >= 0.3 is 5.69 Å². The fraction of sp³-hybridized carbons (Fsp3) is 0.136. The molecule has 29 heavy (non-hydrogen) atoms. The Bertz CT molecular complexity index is 1290. The van der Waals surface area contributed by atoms with Crippen LogP contribution in [0.2, 0.25) is 5.02 Å². The molecule has 5 rings (SSSR count). The number of aromatic nitrogens is 3. The first kappa shape index (κ1) is 17.7. The molecule has 1 amide bonds. The predicted molar refractivity (Wildman–Crippen MR) is 111 cm³/mol. The zero-order chi connectivity index (χ0) is 20.0. The van der Waals surface area contributed by atoms with Crippen LogP contribution in [0.3, 0.4) is 0 Å². The van der Waals surface area contributed by atoms with Crippen LogP contribution in [0.4, 0.5) is 0 Å². The number of carbonyl (C=O) groups excluding carboxylic acids is 1. The second kappa shape index (κ2) is 6.90. The summed E-state index contributed by atoms with van der Waals surface area (Å²) in [7, 11) is 0. The summed E-state index contributed by atoms with van der Waals surface area (Å²) in [4.78, 5) is 34.9. The van der Waals surface area contributed by atoms with Gasteiger partial charge in [0, 0.05) is 46.6 Å². The summed E-state index contributed by atoms with van der Waals surface area (Å²) < 4.78 is 1.51. The van der Waals surface area contributed by atoms with Crippen LogP contribution in [0.5, 0.6) is 0 Å². The first-order chi connectivity index (χ1) is 14.1. The average molecular weight is 405 g/mol. The zero-order valence-corrected chi connectivity index (χ0v) is 16.2. The lowest BCUT2D eigenvalue weighted by molar-refractivity contribution is 0.0734. The van der Waals surface area contributed by atoms with Gasteiger partial charge in [-0.3, -0.25) is 9.20 Å². The largest absolute Gasteiger partial charge is 0.334 e. The number of halogens is 1. The maximum absolute atomic E-state index is 12.9. The molecule has 3 heterocycles. The molecular weight excluding hydrogens is 388 g/mol. The smallest absolute Gasteiger partial charge is 0.331 e. The van der Waals surface area contributed by atoms with Crippen molar-refractivity contribution in [3.63, 3.8) is 0 Å². The summed E-state index contributed by atoms with van der Waals surface area (Å²) in [5.41, 5.74) is 4.20. The molecule has 144 valence electrons. The lowest BCUT2D eigenvalue weighted by atomic mass is 10.1. The number of benzene rings is 2.